The molecule has 0 atom stereocenters. The maximum absolute atomic E-state index is 12.7. The highest BCUT2D eigenvalue weighted by Gasteiger charge is 2.03. The summed E-state index contributed by atoms with van der Waals surface area (Å²) < 4.78 is 12.7. The van der Waals surface area contributed by atoms with Crippen LogP contribution in [0.5, 0.6) is 0 Å². The van der Waals surface area contributed by atoms with Gasteiger partial charge >= 0.3 is 0 Å². The zero-order valence-corrected chi connectivity index (χ0v) is 7.57. The lowest BCUT2D eigenvalue weighted by Gasteiger charge is -2.21. The molecule has 0 unspecified atom stereocenters. The second-order valence-corrected chi connectivity index (χ2v) is 2.64. The fourth-order valence-corrected chi connectivity index (χ4v) is 1.18. The van der Waals surface area contributed by atoms with Crippen LogP contribution in [0.2, 0.25) is 0 Å². The number of pyridine rings is 1. The second-order valence-electron chi connectivity index (χ2n) is 2.64. The maximum Gasteiger partial charge on any atom is 0.214 e. The molecule has 1 N–H and O–H groups in total. The number of halogens is 1. The molecule has 0 fully saturated rings. The quantitative estimate of drug-likeness (QED) is 0.710. The van der Waals surface area contributed by atoms with Gasteiger partial charge in [-0.2, -0.15) is 4.39 Å². The molecule has 0 saturated carbocycles. The number of aromatic nitrogens is 1. The molecule has 3 nitrogen and oxygen atoms in total. The lowest BCUT2D eigenvalue weighted by Crippen LogP contribution is -2.26. The lowest BCUT2D eigenvalue weighted by atomic mass is 10.3. The molecule has 1 aromatic heterocycles. The average Bonchev–Trinajstić information content (AvgIpc) is 2.14. The number of hydrogen-bond donors (Lipinski definition) is 1. The first-order chi connectivity index (χ1) is 6.27. The van der Waals surface area contributed by atoms with E-state index in [1.165, 1.54) is 12.3 Å². The van der Waals surface area contributed by atoms with E-state index in [1.807, 2.05) is 11.8 Å². The fraction of sp³-hybridized carbons (Fsp3) is 0.444. The third-order valence-corrected chi connectivity index (χ3v) is 1.83. The third-order valence-electron chi connectivity index (χ3n) is 1.83. The Bertz CT molecular complexity index is 268. The van der Waals surface area contributed by atoms with Crippen LogP contribution >= 0.6 is 0 Å². The van der Waals surface area contributed by atoms with Gasteiger partial charge in [0.15, 0.2) is 0 Å². The summed E-state index contributed by atoms with van der Waals surface area (Å²) in [7, 11) is 0. The van der Waals surface area contributed by atoms with Crippen molar-refractivity contribution < 1.29 is 9.50 Å². The fourth-order valence-electron chi connectivity index (χ4n) is 1.18. The van der Waals surface area contributed by atoms with Crippen LogP contribution in [0.15, 0.2) is 18.3 Å². The van der Waals surface area contributed by atoms with Crippen molar-refractivity contribution in [3.05, 3.63) is 24.3 Å². The van der Waals surface area contributed by atoms with Crippen molar-refractivity contribution in [2.45, 2.75) is 6.92 Å². The molecular weight excluding hydrogens is 171 g/mol. The van der Waals surface area contributed by atoms with E-state index < -0.39 is 5.95 Å². The van der Waals surface area contributed by atoms with Crippen molar-refractivity contribution in [3.63, 3.8) is 0 Å². The summed E-state index contributed by atoms with van der Waals surface area (Å²) in [5.41, 5.74) is 0.754. The van der Waals surface area contributed by atoms with Gasteiger partial charge in [-0.3, -0.25) is 0 Å². The van der Waals surface area contributed by atoms with Gasteiger partial charge in [0.2, 0.25) is 5.95 Å². The molecule has 72 valence electrons. The number of likely N-dealkylation sites (N-methyl/N-ethyl adjacent to an activating group) is 1. The lowest BCUT2D eigenvalue weighted by molar-refractivity contribution is 0.302. The van der Waals surface area contributed by atoms with Crippen LogP contribution in [0.3, 0.4) is 0 Å². The van der Waals surface area contributed by atoms with Crippen molar-refractivity contribution in [2.75, 3.05) is 24.6 Å². The first kappa shape index (κ1) is 9.92. The first-order valence-corrected chi connectivity index (χ1v) is 4.25. The van der Waals surface area contributed by atoms with E-state index in [0.29, 0.717) is 6.54 Å². The molecule has 1 heterocycles. The van der Waals surface area contributed by atoms with Gasteiger partial charge in [0, 0.05) is 31.0 Å². The zero-order chi connectivity index (χ0) is 9.68. The number of anilines is 1. The summed E-state index contributed by atoms with van der Waals surface area (Å²) in [4.78, 5) is 5.34. The average molecular weight is 184 g/mol. The normalized spacial score (nSPS) is 10.1. The number of aliphatic hydroxyl groups is 1. The van der Waals surface area contributed by atoms with Gasteiger partial charge in [0.1, 0.15) is 0 Å². The highest BCUT2D eigenvalue weighted by atomic mass is 19.1. The van der Waals surface area contributed by atoms with Crippen molar-refractivity contribution in [2.24, 2.45) is 0 Å². The van der Waals surface area contributed by atoms with E-state index in [4.69, 9.17) is 5.11 Å². The standard InChI is InChI=1S/C9H13FN2O/c1-2-12(5-6-13)8-3-4-11-9(10)7-8/h3-4,7,13H,2,5-6H2,1H3. The van der Waals surface area contributed by atoms with Gasteiger partial charge < -0.3 is 10.0 Å². The van der Waals surface area contributed by atoms with Crippen molar-refractivity contribution in [1.82, 2.24) is 4.98 Å². The molecule has 0 spiro atoms. The second kappa shape index (κ2) is 4.77. The van der Waals surface area contributed by atoms with Crippen LogP contribution in [0, 0.1) is 5.95 Å². The number of nitrogens with zero attached hydrogens (tertiary/aromatic N) is 2. The summed E-state index contributed by atoms with van der Waals surface area (Å²) in [6, 6.07) is 3.08. The van der Waals surface area contributed by atoms with E-state index in [2.05, 4.69) is 4.98 Å². The molecule has 0 radical (unpaired) electrons. The number of rotatable bonds is 4. The zero-order valence-electron chi connectivity index (χ0n) is 7.57. The van der Waals surface area contributed by atoms with Crippen LogP contribution in [0.4, 0.5) is 10.1 Å². The minimum atomic E-state index is -0.492. The van der Waals surface area contributed by atoms with Crippen molar-refractivity contribution in [1.29, 1.82) is 0 Å². The van der Waals surface area contributed by atoms with Gasteiger partial charge in [-0.05, 0) is 13.0 Å². The summed E-state index contributed by atoms with van der Waals surface area (Å²) in [5, 5.41) is 8.75. The van der Waals surface area contributed by atoms with Crippen LogP contribution in [0.25, 0.3) is 0 Å². The Hall–Kier alpha value is -1.16. The molecule has 0 aliphatic carbocycles. The molecule has 0 aromatic carbocycles. The first-order valence-electron chi connectivity index (χ1n) is 4.25. The molecular formula is C9H13FN2O. The molecule has 0 aliphatic heterocycles. The Balaban J connectivity index is 2.78. The van der Waals surface area contributed by atoms with Gasteiger partial charge in [0.25, 0.3) is 0 Å². The Morgan fingerprint density at radius 2 is 2.38 bits per heavy atom. The van der Waals surface area contributed by atoms with Crippen LogP contribution in [0.1, 0.15) is 6.92 Å². The van der Waals surface area contributed by atoms with Gasteiger partial charge in [-0.15, -0.1) is 0 Å². The monoisotopic (exact) mass is 184 g/mol. The Morgan fingerprint density at radius 1 is 1.62 bits per heavy atom. The Kier molecular flexibility index (Phi) is 3.64. The number of hydrogen-bond acceptors (Lipinski definition) is 3. The van der Waals surface area contributed by atoms with Crippen molar-refractivity contribution in [3.8, 4) is 0 Å². The maximum atomic E-state index is 12.7. The molecule has 4 heteroatoms. The minimum Gasteiger partial charge on any atom is -0.395 e. The summed E-state index contributed by atoms with van der Waals surface area (Å²) >= 11 is 0. The minimum absolute atomic E-state index is 0.0672. The Morgan fingerprint density at radius 3 is 2.92 bits per heavy atom. The molecule has 0 aliphatic rings. The van der Waals surface area contributed by atoms with Gasteiger partial charge in [-0.1, -0.05) is 0 Å². The predicted octanol–water partition coefficient (Wildman–Crippen LogP) is 1.04. The molecule has 1 rings (SSSR count). The smallest absolute Gasteiger partial charge is 0.214 e. The summed E-state index contributed by atoms with van der Waals surface area (Å²) in [6.07, 6.45) is 1.42. The largest absolute Gasteiger partial charge is 0.395 e. The van der Waals surface area contributed by atoms with E-state index in [1.54, 1.807) is 6.07 Å². The number of aliphatic hydroxyl groups excluding tert-OH is 1. The van der Waals surface area contributed by atoms with Gasteiger partial charge in [-0.25, -0.2) is 4.98 Å². The topological polar surface area (TPSA) is 36.4 Å². The van der Waals surface area contributed by atoms with E-state index in [-0.39, 0.29) is 6.61 Å². The highest BCUT2D eigenvalue weighted by Crippen LogP contribution is 2.12. The van der Waals surface area contributed by atoms with Crippen LogP contribution < -0.4 is 4.90 Å². The van der Waals surface area contributed by atoms with Crippen molar-refractivity contribution >= 4 is 5.69 Å². The molecule has 1 aromatic rings. The van der Waals surface area contributed by atoms with E-state index in [0.717, 1.165) is 12.2 Å². The SMILES string of the molecule is CCN(CCO)c1ccnc(F)c1. The molecule has 0 amide bonds. The van der Waals surface area contributed by atoms with Crippen LogP contribution in [-0.4, -0.2) is 29.8 Å². The molecule has 0 bridgehead atoms. The molecule has 13 heavy (non-hydrogen) atoms. The molecule has 0 saturated heterocycles. The third kappa shape index (κ3) is 2.66. The summed E-state index contributed by atoms with van der Waals surface area (Å²) in [5.74, 6) is -0.492. The van der Waals surface area contributed by atoms with Crippen LogP contribution in [-0.2, 0) is 0 Å². The Labute approximate surface area is 76.8 Å². The highest BCUT2D eigenvalue weighted by molar-refractivity contribution is 5.44. The van der Waals surface area contributed by atoms with E-state index in [9.17, 15) is 4.39 Å². The summed E-state index contributed by atoms with van der Waals surface area (Å²) in [6.45, 7) is 3.27. The predicted molar refractivity (Wildman–Crippen MR) is 49.2 cm³/mol. The van der Waals surface area contributed by atoms with Gasteiger partial charge in [0.05, 0.1) is 6.61 Å². The van der Waals surface area contributed by atoms with E-state index >= 15 is 0 Å².